The maximum absolute atomic E-state index is 12.5. The van der Waals surface area contributed by atoms with Gasteiger partial charge in [-0.2, -0.15) is 0 Å². The summed E-state index contributed by atoms with van der Waals surface area (Å²) in [6.07, 6.45) is 1.08. The number of hydrogen-bond acceptors (Lipinski definition) is 7. The maximum Gasteiger partial charge on any atom is 0.354 e. The summed E-state index contributed by atoms with van der Waals surface area (Å²) in [7, 11) is 0. The van der Waals surface area contributed by atoms with E-state index >= 15 is 0 Å². The molecule has 3 aliphatic heterocycles. The molecule has 3 heterocycles. The number of aliphatic carboxylic acids is 1. The highest BCUT2D eigenvalue weighted by molar-refractivity contribution is 8.23. The summed E-state index contributed by atoms with van der Waals surface area (Å²) in [4.78, 5) is 40.2. The van der Waals surface area contributed by atoms with Gasteiger partial charge >= 0.3 is 5.97 Å². The van der Waals surface area contributed by atoms with E-state index < -0.39 is 18.0 Å². The molecule has 4 atom stereocenters. The lowest BCUT2D eigenvalue weighted by Crippen LogP contribution is -2.61. The molecule has 0 aromatic heterocycles. The number of aliphatic hydroxyl groups is 1. The maximum atomic E-state index is 12.5. The number of carboxylic acid groups (broad SMARTS) is 1. The highest BCUT2D eigenvalue weighted by atomic mass is 32.2. The predicted octanol–water partition coefficient (Wildman–Crippen LogP) is 2.62. The molecule has 2 saturated heterocycles. The third kappa shape index (κ3) is 4.41. The zero-order valence-corrected chi connectivity index (χ0v) is 18.9. The monoisotopic (exact) mass is 462 g/mol. The third-order valence-corrected chi connectivity index (χ3v) is 8.89. The topological polar surface area (TPSA) is 98.2 Å². The average Bonchev–Trinajstić information content (AvgIpc) is 3.35. The lowest BCUT2D eigenvalue weighted by atomic mass is 9.90. The molecule has 2 N–H and O–H groups in total. The normalized spacial score (nSPS) is 26.7. The number of thioether (sulfide) groups is 2. The first-order valence-electron chi connectivity index (χ1n) is 10.5. The number of β-lactam (4-membered cyclic amide) rings is 1. The van der Waals surface area contributed by atoms with Crippen LogP contribution in [0.25, 0.3) is 0 Å². The fourth-order valence-electron chi connectivity index (χ4n) is 4.27. The number of rotatable bonds is 9. The number of amides is 1. The first-order valence-corrected chi connectivity index (χ1v) is 12.3. The Morgan fingerprint density at radius 1 is 1.29 bits per heavy atom. The smallest absolute Gasteiger partial charge is 0.354 e. The van der Waals surface area contributed by atoms with Crippen molar-refractivity contribution in [3.63, 3.8) is 0 Å². The van der Waals surface area contributed by atoms with Gasteiger partial charge in [0.1, 0.15) is 5.37 Å². The van der Waals surface area contributed by atoms with E-state index in [1.54, 1.807) is 0 Å². The van der Waals surface area contributed by atoms with Crippen LogP contribution in [0.3, 0.4) is 0 Å². The quantitative estimate of drug-likeness (QED) is 0.427. The number of carbonyl (C=O) groups excluding carboxylic acids is 2. The van der Waals surface area contributed by atoms with Crippen LogP contribution in [0.15, 0.2) is 40.3 Å². The average molecular weight is 463 g/mol. The van der Waals surface area contributed by atoms with Gasteiger partial charge in [0.25, 0.3) is 0 Å². The van der Waals surface area contributed by atoms with E-state index in [1.807, 2.05) is 37.3 Å². The zero-order chi connectivity index (χ0) is 22.1. The first-order chi connectivity index (χ1) is 14.9. The van der Waals surface area contributed by atoms with Gasteiger partial charge in [-0.05, 0) is 19.4 Å². The van der Waals surface area contributed by atoms with Crippen molar-refractivity contribution >= 4 is 41.2 Å². The molecule has 0 radical (unpaired) electrons. The largest absolute Gasteiger partial charge is 0.477 e. The molecule has 3 aliphatic rings. The van der Waals surface area contributed by atoms with Gasteiger partial charge in [-0.25, -0.2) is 4.79 Å². The SMILES string of the molecule is CC[C@H](O)[C@@H]1C(=O)N2C(C(=O)O)=C(S[C@H]3CCN(CCC(=O)c4ccccc4)C3)S[C@H]12. The molecule has 0 saturated carbocycles. The van der Waals surface area contributed by atoms with Crippen LogP contribution in [0.4, 0.5) is 0 Å². The summed E-state index contributed by atoms with van der Waals surface area (Å²) in [6, 6.07) is 9.27. The molecule has 7 nitrogen and oxygen atoms in total. The van der Waals surface area contributed by atoms with E-state index in [1.165, 1.54) is 28.4 Å². The standard InChI is InChI=1S/C22H26N2O5S2/c1-2-15(25)17-19(27)24-18(21(28)29)22(31-20(17)24)30-14-8-10-23(12-14)11-9-16(26)13-6-4-3-5-7-13/h3-7,14-15,17,20,25H,2,8-12H2,1H3,(H,28,29)/t14-,15-,17+,20+/m0/s1. The number of aliphatic hydroxyl groups excluding tert-OH is 1. The number of nitrogens with zero attached hydrogens (tertiary/aromatic N) is 2. The van der Waals surface area contributed by atoms with E-state index in [2.05, 4.69) is 4.90 Å². The lowest BCUT2D eigenvalue weighted by molar-refractivity contribution is -0.157. The molecule has 0 bridgehead atoms. The fourth-order valence-corrected chi connectivity index (χ4v) is 7.58. The highest BCUT2D eigenvalue weighted by Crippen LogP contribution is 2.55. The molecule has 0 unspecified atom stereocenters. The number of benzene rings is 1. The van der Waals surface area contributed by atoms with Crippen LogP contribution in [0.1, 0.15) is 36.5 Å². The van der Waals surface area contributed by atoms with Gasteiger partial charge in [-0.3, -0.25) is 14.5 Å². The first kappa shape index (κ1) is 22.4. The molecule has 1 amide bonds. The molecule has 166 valence electrons. The Morgan fingerprint density at radius 2 is 2.03 bits per heavy atom. The van der Waals surface area contributed by atoms with Gasteiger partial charge in [0, 0.05) is 30.3 Å². The lowest BCUT2D eigenvalue weighted by Gasteiger charge is -2.44. The number of carbonyl (C=O) groups is 3. The van der Waals surface area contributed by atoms with Crippen LogP contribution in [0, 0.1) is 5.92 Å². The number of hydrogen-bond donors (Lipinski definition) is 2. The Hall–Kier alpha value is -1.81. The number of fused-ring (bicyclic) bond motifs is 1. The van der Waals surface area contributed by atoms with Gasteiger partial charge < -0.3 is 15.1 Å². The van der Waals surface area contributed by atoms with Crippen molar-refractivity contribution in [2.45, 2.75) is 42.9 Å². The number of likely N-dealkylation sites (tertiary alicyclic amines) is 1. The second-order valence-corrected chi connectivity index (χ2v) is 10.7. The van der Waals surface area contributed by atoms with Gasteiger partial charge in [-0.15, -0.1) is 11.8 Å². The molecule has 1 aromatic rings. The second kappa shape index (κ2) is 9.36. The Bertz CT molecular complexity index is 906. The predicted molar refractivity (Wildman–Crippen MR) is 121 cm³/mol. The van der Waals surface area contributed by atoms with Crippen molar-refractivity contribution in [2.24, 2.45) is 5.92 Å². The van der Waals surface area contributed by atoms with Crippen molar-refractivity contribution in [3.8, 4) is 0 Å². The fraction of sp³-hybridized carbons (Fsp3) is 0.500. The Balaban J connectivity index is 1.34. The molecule has 0 spiro atoms. The molecule has 31 heavy (non-hydrogen) atoms. The molecule has 4 rings (SSSR count). The third-order valence-electron chi connectivity index (χ3n) is 6.04. The summed E-state index contributed by atoms with van der Waals surface area (Å²) in [5.74, 6) is -1.81. The highest BCUT2D eigenvalue weighted by Gasteiger charge is 2.58. The van der Waals surface area contributed by atoms with Gasteiger partial charge in [-0.1, -0.05) is 49.0 Å². The van der Waals surface area contributed by atoms with E-state index in [9.17, 15) is 24.6 Å². The summed E-state index contributed by atoms with van der Waals surface area (Å²) in [5, 5.41) is 19.7. The Labute approximate surface area is 189 Å². The van der Waals surface area contributed by atoms with Gasteiger partial charge in [0.2, 0.25) is 5.91 Å². The minimum absolute atomic E-state index is 0.0576. The van der Waals surface area contributed by atoms with Crippen LogP contribution in [0.5, 0.6) is 0 Å². The molecular weight excluding hydrogens is 436 g/mol. The summed E-state index contributed by atoms with van der Waals surface area (Å²) in [6.45, 7) is 4.14. The summed E-state index contributed by atoms with van der Waals surface area (Å²) in [5.41, 5.74) is 0.784. The van der Waals surface area contributed by atoms with Crippen LogP contribution in [0.2, 0.25) is 0 Å². The Morgan fingerprint density at radius 3 is 2.71 bits per heavy atom. The van der Waals surface area contributed by atoms with Crippen LogP contribution in [-0.2, 0) is 9.59 Å². The van der Waals surface area contributed by atoms with Crippen molar-refractivity contribution in [2.75, 3.05) is 19.6 Å². The van der Waals surface area contributed by atoms with E-state index in [0.29, 0.717) is 23.6 Å². The molecule has 0 aliphatic carbocycles. The van der Waals surface area contributed by atoms with Crippen molar-refractivity contribution in [1.82, 2.24) is 9.80 Å². The van der Waals surface area contributed by atoms with Gasteiger partial charge in [0.15, 0.2) is 11.5 Å². The van der Waals surface area contributed by atoms with Crippen LogP contribution >= 0.6 is 23.5 Å². The summed E-state index contributed by atoms with van der Waals surface area (Å²) >= 11 is 2.91. The molecule has 9 heteroatoms. The summed E-state index contributed by atoms with van der Waals surface area (Å²) < 4.78 is 0.656. The zero-order valence-electron chi connectivity index (χ0n) is 17.3. The van der Waals surface area contributed by atoms with E-state index in [-0.39, 0.29) is 28.0 Å². The van der Waals surface area contributed by atoms with Crippen molar-refractivity contribution < 1.29 is 24.6 Å². The minimum atomic E-state index is -1.10. The molecule has 2 fully saturated rings. The van der Waals surface area contributed by atoms with Crippen LogP contribution < -0.4 is 0 Å². The Kier molecular flexibility index (Phi) is 6.76. The van der Waals surface area contributed by atoms with E-state index in [0.717, 1.165) is 25.1 Å². The van der Waals surface area contributed by atoms with E-state index in [4.69, 9.17) is 0 Å². The number of carboxylic acids is 1. The number of Topliss-reactive ketones (excluding diaryl/α,β-unsaturated/α-hetero) is 1. The molecule has 1 aromatic carbocycles. The second-order valence-electron chi connectivity index (χ2n) is 8.03. The minimum Gasteiger partial charge on any atom is -0.477 e. The van der Waals surface area contributed by atoms with Crippen molar-refractivity contribution in [3.05, 3.63) is 45.8 Å². The van der Waals surface area contributed by atoms with Gasteiger partial charge in [0.05, 0.1) is 16.3 Å². The van der Waals surface area contributed by atoms with Crippen molar-refractivity contribution in [1.29, 1.82) is 0 Å². The molecular formula is C22H26N2O5S2. The van der Waals surface area contributed by atoms with Crippen LogP contribution in [-0.4, -0.2) is 74.0 Å². The number of ketones is 1.